The third-order valence-corrected chi connectivity index (χ3v) is 3.57. The number of nitrogens with zero attached hydrogens (tertiary/aromatic N) is 2. The minimum atomic E-state index is -0.109. The molecule has 1 N–H and O–H groups in total. The lowest BCUT2D eigenvalue weighted by atomic mass is 10.1. The van der Waals surface area contributed by atoms with Crippen LogP contribution in [0, 0.1) is 6.92 Å². The monoisotopic (exact) mass is 279 g/mol. The molecule has 106 valence electrons. The highest BCUT2D eigenvalue weighted by Crippen LogP contribution is 2.15. The molecule has 4 nitrogen and oxygen atoms in total. The molecule has 0 radical (unpaired) electrons. The summed E-state index contributed by atoms with van der Waals surface area (Å²) in [5.74, 6) is -0.109. The number of nitrogens with one attached hydrogen (secondary N) is 1. The lowest BCUT2D eigenvalue weighted by Crippen LogP contribution is -2.28. The van der Waals surface area contributed by atoms with Gasteiger partial charge < -0.3 is 5.32 Å². The third-order valence-electron chi connectivity index (χ3n) is 3.57. The third kappa shape index (κ3) is 2.52. The van der Waals surface area contributed by atoms with Gasteiger partial charge in [-0.25, -0.2) is 4.98 Å². The highest BCUT2D eigenvalue weighted by molar-refractivity contribution is 5.94. The van der Waals surface area contributed by atoms with Gasteiger partial charge in [0.2, 0.25) is 0 Å². The van der Waals surface area contributed by atoms with Gasteiger partial charge in [-0.1, -0.05) is 36.4 Å². The van der Waals surface area contributed by atoms with Crippen LogP contribution in [-0.2, 0) is 0 Å². The van der Waals surface area contributed by atoms with E-state index < -0.39 is 0 Å². The van der Waals surface area contributed by atoms with Gasteiger partial charge in [0.25, 0.3) is 5.91 Å². The van der Waals surface area contributed by atoms with Crippen LogP contribution < -0.4 is 5.32 Å². The van der Waals surface area contributed by atoms with Gasteiger partial charge in [-0.2, -0.15) is 0 Å². The number of aromatic nitrogens is 2. The number of fused-ring (bicyclic) bond motifs is 1. The molecule has 1 unspecified atom stereocenters. The SMILES string of the molecule is Cc1nc2ccccn2c1C(=O)NC(C)c1ccccc1. The van der Waals surface area contributed by atoms with E-state index in [0.29, 0.717) is 5.69 Å². The Labute approximate surface area is 123 Å². The summed E-state index contributed by atoms with van der Waals surface area (Å²) < 4.78 is 1.82. The largest absolute Gasteiger partial charge is 0.344 e. The second-order valence-corrected chi connectivity index (χ2v) is 5.08. The van der Waals surface area contributed by atoms with E-state index in [-0.39, 0.29) is 11.9 Å². The van der Waals surface area contributed by atoms with E-state index in [4.69, 9.17) is 0 Å². The van der Waals surface area contributed by atoms with Gasteiger partial charge in [-0.15, -0.1) is 0 Å². The normalized spacial score (nSPS) is 12.3. The number of pyridine rings is 1. The fraction of sp³-hybridized carbons (Fsp3) is 0.176. The van der Waals surface area contributed by atoms with Crippen molar-refractivity contribution in [3.63, 3.8) is 0 Å². The number of amides is 1. The Kier molecular flexibility index (Phi) is 3.44. The van der Waals surface area contributed by atoms with Gasteiger partial charge in [0.1, 0.15) is 11.3 Å². The Balaban J connectivity index is 1.89. The van der Waals surface area contributed by atoms with Gasteiger partial charge in [-0.3, -0.25) is 9.20 Å². The topological polar surface area (TPSA) is 46.4 Å². The van der Waals surface area contributed by atoms with E-state index in [1.165, 1.54) is 0 Å². The summed E-state index contributed by atoms with van der Waals surface area (Å²) >= 11 is 0. The zero-order valence-corrected chi connectivity index (χ0v) is 12.1. The molecule has 0 aliphatic rings. The van der Waals surface area contributed by atoms with Crippen LogP contribution in [0.1, 0.15) is 34.7 Å². The molecule has 21 heavy (non-hydrogen) atoms. The molecular weight excluding hydrogens is 262 g/mol. The molecule has 0 aliphatic heterocycles. The number of benzene rings is 1. The van der Waals surface area contributed by atoms with Crippen LogP contribution in [0.15, 0.2) is 54.7 Å². The molecule has 1 amide bonds. The average molecular weight is 279 g/mol. The Morgan fingerprint density at radius 1 is 1.14 bits per heavy atom. The zero-order chi connectivity index (χ0) is 14.8. The maximum Gasteiger partial charge on any atom is 0.270 e. The summed E-state index contributed by atoms with van der Waals surface area (Å²) in [5, 5.41) is 3.03. The molecule has 2 aromatic heterocycles. The number of hydrogen-bond donors (Lipinski definition) is 1. The van der Waals surface area contributed by atoms with Crippen LogP contribution in [0.2, 0.25) is 0 Å². The molecular formula is C17H17N3O. The first kappa shape index (κ1) is 13.4. The second-order valence-electron chi connectivity index (χ2n) is 5.08. The second kappa shape index (κ2) is 5.40. The van der Waals surface area contributed by atoms with Crippen molar-refractivity contribution in [2.24, 2.45) is 0 Å². The van der Waals surface area contributed by atoms with Crippen LogP contribution in [0.5, 0.6) is 0 Å². The van der Waals surface area contributed by atoms with E-state index in [9.17, 15) is 4.79 Å². The highest BCUT2D eigenvalue weighted by atomic mass is 16.2. The molecule has 1 atom stereocenters. The van der Waals surface area contributed by atoms with E-state index in [1.807, 2.05) is 73.0 Å². The predicted octanol–water partition coefficient (Wildman–Crippen LogP) is 3.13. The van der Waals surface area contributed by atoms with Crippen molar-refractivity contribution in [1.82, 2.24) is 14.7 Å². The van der Waals surface area contributed by atoms with Crippen LogP contribution in [0.3, 0.4) is 0 Å². The first-order valence-corrected chi connectivity index (χ1v) is 6.96. The summed E-state index contributed by atoms with van der Waals surface area (Å²) in [5.41, 5.74) is 3.19. The Morgan fingerprint density at radius 2 is 1.86 bits per heavy atom. The summed E-state index contributed by atoms with van der Waals surface area (Å²) in [6.07, 6.45) is 1.86. The van der Waals surface area contributed by atoms with Crippen molar-refractivity contribution in [2.45, 2.75) is 19.9 Å². The first-order chi connectivity index (χ1) is 10.2. The molecule has 0 fully saturated rings. The molecule has 0 spiro atoms. The Hall–Kier alpha value is -2.62. The fourth-order valence-corrected chi connectivity index (χ4v) is 2.48. The van der Waals surface area contributed by atoms with Gasteiger partial charge >= 0.3 is 0 Å². The van der Waals surface area contributed by atoms with Crippen LogP contribution in [0.4, 0.5) is 0 Å². The lowest BCUT2D eigenvalue weighted by molar-refractivity contribution is 0.0933. The standard InChI is InChI=1S/C17H17N3O/c1-12(14-8-4-3-5-9-14)19-17(21)16-13(2)18-15-10-6-7-11-20(15)16/h3-12H,1-2H3,(H,19,21). The van der Waals surface area contributed by atoms with Gasteiger partial charge in [0.05, 0.1) is 11.7 Å². The maximum atomic E-state index is 12.6. The zero-order valence-electron chi connectivity index (χ0n) is 12.1. The number of carbonyl (C=O) groups is 1. The van der Waals surface area contributed by atoms with E-state index in [1.54, 1.807) is 0 Å². The minimum absolute atomic E-state index is 0.0487. The summed E-state index contributed by atoms with van der Waals surface area (Å²) in [4.78, 5) is 17.0. The van der Waals surface area contributed by atoms with E-state index >= 15 is 0 Å². The van der Waals surface area contributed by atoms with Crippen molar-refractivity contribution >= 4 is 11.6 Å². The molecule has 2 heterocycles. The maximum absolute atomic E-state index is 12.6. The Morgan fingerprint density at radius 3 is 2.62 bits per heavy atom. The number of carbonyl (C=O) groups excluding carboxylic acids is 1. The minimum Gasteiger partial charge on any atom is -0.344 e. The van der Waals surface area contributed by atoms with Gasteiger partial charge in [0, 0.05) is 6.20 Å². The predicted molar refractivity (Wildman–Crippen MR) is 82.3 cm³/mol. The van der Waals surface area contributed by atoms with Gasteiger partial charge in [0.15, 0.2) is 0 Å². The Bertz CT molecular complexity index is 777. The smallest absolute Gasteiger partial charge is 0.270 e. The number of imidazole rings is 1. The molecule has 0 bridgehead atoms. The molecule has 0 aliphatic carbocycles. The molecule has 1 aromatic carbocycles. The van der Waals surface area contributed by atoms with E-state index in [0.717, 1.165) is 16.9 Å². The lowest BCUT2D eigenvalue weighted by Gasteiger charge is -2.14. The molecule has 0 saturated heterocycles. The first-order valence-electron chi connectivity index (χ1n) is 6.96. The summed E-state index contributed by atoms with van der Waals surface area (Å²) in [6, 6.07) is 15.6. The van der Waals surface area contributed by atoms with Crippen molar-refractivity contribution < 1.29 is 4.79 Å². The highest BCUT2D eigenvalue weighted by Gasteiger charge is 2.18. The quantitative estimate of drug-likeness (QED) is 0.800. The van der Waals surface area contributed by atoms with E-state index in [2.05, 4.69) is 10.3 Å². The molecule has 3 aromatic rings. The van der Waals surface area contributed by atoms with Crippen LogP contribution in [0.25, 0.3) is 5.65 Å². The summed E-state index contributed by atoms with van der Waals surface area (Å²) in [6.45, 7) is 3.83. The van der Waals surface area contributed by atoms with Crippen molar-refractivity contribution in [1.29, 1.82) is 0 Å². The van der Waals surface area contributed by atoms with Crippen LogP contribution in [-0.4, -0.2) is 15.3 Å². The average Bonchev–Trinajstić information content (AvgIpc) is 2.83. The fourth-order valence-electron chi connectivity index (χ4n) is 2.48. The number of aryl methyl sites for hydroxylation is 1. The van der Waals surface area contributed by atoms with Crippen molar-refractivity contribution in [3.05, 3.63) is 71.7 Å². The summed E-state index contributed by atoms with van der Waals surface area (Å²) in [7, 11) is 0. The van der Waals surface area contributed by atoms with Crippen molar-refractivity contribution in [3.8, 4) is 0 Å². The molecule has 0 saturated carbocycles. The number of rotatable bonds is 3. The number of hydrogen-bond acceptors (Lipinski definition) is 2. The van der Waals surface area contributed by atoms with Crippen LogP contribution >= 0.6 is 0 Å². The van der Waals surface area contributed by atoms with Crippen molar-refractivity contribution in [2.75, 3.05) is 0 Å². The van der Waals surface area contributed by atoms with Gasteiger partial charge in [-0.05, 0) is 31.5 Å². The molecule has 3 rings (SSSR count). The molecule has 4 heteroatoms.